The first kappa shape index (κ1) is 10.9. The molecule has 0 saturated carbocycles. The highest BCUT2D eigenvalue weighted by atomic mass is 32.2. The summed E-state index contributed by atoms with van der Waals surface area (Å²) in [6.07, 6.45) is 1.30. The summed E-state index contributed by atoms with van der Waals surface area (Å²) < 4.78 is 6.51. The van der Waals surface area contributed by atoms with Gasteiger partial charge in [-0.3, -0.25) is 4.57 Å². The Labute approximate surface area is 96.4 Å². The van der Waals surface area contributed by atoms with Crippen molar-refractivity contribution in [3.8, 4) is 0 Å². The predicted molar refractivity (Wildman–Crippen MR) is 58.7 cm³/mol. The molecule has 0 aliphatic carbocycles. The fourth-order valence-electron chi connectivity index (χ4n) is 1.26. The standard InChI is InChI=1S/C8H12N6OS/c1-5(2)14-7(9)11-12-8(14)16-3-6-10-4-15-13-6/h4-5H,3H2,1-2H3,(H2,9,11). The molecule has 2 heterocycles. The lowest BCUT2D eigenvalue weighted by Crippen LogP contribution is -2.07. The van der Waals surface area contributed by atoms with Gasteiger partial charge in [0, 0.05) is 6.04 Å². The van der Waals surface area contributed by atoms with Gasteiger partial charge in [0.2, 0.25) is 12.3 Å². The van der Waals surface area contributed by atoms with Gasteiger partial charge in [0.15, 0.2) is 11.0 Å². The number of nitrogens with two attached hydrogens (primary N) is 1. The second-order valence-electron chi connectivity index (χ2n) is 3.44. The summed E-state index contributed by atoms with van der Waals surface area (Å²) in [7, 11) is 0. The van der Waals surface area contributed by atoms with Crippen LogP contribution in [-0.2, 0) is 5.75 Å². The molecule has 0 aliphatic heterocycles. The van der Waals surface area contributed by atoms with Crippen LogP contribution in [-0.4, -0.2) is 24.9 Å². The highest BCUT2D eigenvalue weighted by Gasteiger charge is 2.13. The lowest BCUT2D eigenvalue weighted by atomic mass is 10.4. The molecule has 7 nitrogen and oxygen atoms in total. The molecular weight excluding hydrogens is 228 g/mol. The highest BCUT2D eigenvalue weighted by Crippen LogP contribution is 2.24. The fourth-order valence-corrected chi connectivity index (χ4v) is 2.18. The molecule has 8 heteroatoms. The van der Waals surface area contributed by atoms with Crippen LogP contribution in [0.15, 0.2) is 16.1 Å². The van der Waals surface area contributed by atoms with Crippen LogP contribution in [0.4, 0.5) is 5.95 Å². The zero-order valence-corrected chi connectivity index (χ0v) is 9.81. The van der Waals surface area contributed by atoms with Gasteiger partial charge in [0.1, 0.15) is 0 Å². The maximum atomic E-state index is 5.72. The third-order valence-corrected chi connectivity index (χ3v) is 2.88. The maximum Gasteiger partial charge on any atom is 0.222 e. The summed E-state index contributed by atoms with van der Waals surface area (Å²) >= 11 is 1.48. The molecule has 86 valence electrons. The predicted octanol–water partition coefficient (Wildman–Crippen LogP) is 1.12. The molecule has 2 aromatic heterocycles. The van der Waals surface area contributed by atoms with E-state index >= 15 is 0 Å². The molecule has 0 saturated heterocycles. The summed E-state index contributed by atoms with van der Waals surface area (Å²) in [5.74, 6) is 1.63. The Kier molecular flexibility index (Phi) is 3.09. The molecule has 0 fully saturated rings. The van der Waals surface area contributed by atoms with Gasteiger partial charge in [-0.15, -0.1) is 10.2 Å². The molecule has 0 atom stereocenters. The van der Waals surface area contributed by atoms with Crippen molar-refractivity contribution in [1.82, 2.24) is 24.9 Å². The zero-order valence-electron chi connectivity index (χ0n) is 8.99. The third kappa shape index (κ3) is 2.16. The minimum absolute atomic E-state index is 0.225. The number of hydrogen-bond acceptors (Lipinski definition) is 7. The molecule has 0 aliphatic rings. The number of aromatic nitrogens is 5. The van der Waals surface area contributed by atoms with E-state index in [0.29, 0.717) is 17.5 Å². The first-order valence-electron chi connectivity index (χ1n) is 4.77. The largest absolute Gasteiger partial charge is 0.368 e. The fraction of sp³-hybridized carbons (Fsp3) is 0.500. The van der Waals surface area contributed by atoms with Gasteiger partial charge < -0.3 is 10.3 Å². The number of thioether (sulfide) groups is 1. The Balaban J connectivity index is 2.10. The molecule has 2 aromatic rings. The van der Waals surface area contributed by atoms with Gasteiger partial charge in [-0.25, -0.2) is 0 Å². The van der Waals surface area contributed by atoms with Crippen molar-refractivity contribution in [2.75, 3.05) is 5.73 Å². The van der Waals surface area contributed by atoms with E-state index in [1.165, 1.54) is 18.2 Å². The highest BCUT2D eigenvalue weighted by molar-refractivity contribution is 7.98. The monoisotopic (exact) mass is 240 g/mol. The lowest BCUT2D eigenvalue weighted by Gasteiger charge is -2.10. The van der Waals surface area contributed by atoms with Gasteiger partial charge >= 0.3 is 0 Å². The first-order valence-corrected chi connectivity index (χ1v) is 5.75. The molecule has 0 spiro atoms. The van der Waals surface area contributed by atoms with E-state index in [-0.39, 0.29) is 6.04 Å². The van der Waals surface area contributed by atoms with Gasteiger partial charge in [-0.2, -0.15) is 4.98 Å². The zero-order chi connectivity index (χ0) is 11.5. The maximum absolute atomic E-state index is 5.72. The van der Waals surface area contributed by atoms with Crippen LogP contribution in [0.3, 0.4) is 0 Å². The van der Waals surface area contributed by atoms with Crippen LogP contribution in [0.25, 0.3) is 0 Å². The van der Waals surface area contributed by atoms with E-state index in [0.717, 1.165) is 5.16 Å². The number of nitrogen functional groups attached to an aromatic ring is 1. The quantitative estimate of drug-likeness (QED) is 0.800. The Morgan fingerprint density at radius 3 is 2.94 bits per heavy atom. The van der Waals surface area contributed by atoms with Gasteiger partial charge in [0.05, 0.1) is 5.75 Å². The second-order valence-corrected chi connectivity index (χ2v) is 4.38. The molecule has 2 N–H and O–H groups in total. The summed E-state index contributed by atoms with van der Waals surface area (Å²) in [5.41, 5.74) is 5.72. The Bertz CT molecular complexity index is 451. The Hall–Kier alpha value is -1.57. The molecule has 0 bridgehead atoms. The molecule has 2 rings (SSSR count). The smallest absolute Gasteiger partial charge is 0.222 e. The van der Waals surface area contributed by atoms with Crippen molar-refractivity contribution in [1.29, 1.82) is 0 Å². The lowest BCUT2D eigenvalue weighted by molar-refractivity contribution is 0.412. The Morgan fingerprint density at radius 2 is 2.31 bits per heavy atom. The summed E-state index contributed by atoms with van der Waals surface area (Å²) in [4.78, 5) is 3.93. The molecule has 0 aromatic carbocycles. The van der Waals surface area contributed by atoms with Crippen LogP contribution < -0.4 is 5.73 Å². The molecule has 0 unspecified atom stereocenters. The minimum atomic E-state index is 0.225. The van der Waals surface area contributed by atoms with E-state index in [9.17, 15) is 0 Å². The van der Waals surface area contributed by atoms with Crippen molar-refractivity contribution in [3.63, 3.8) is 0 Å². The minimum Gasteiger partial charge on any atom is -0.368 e. The van der Waals surface area contributed by atoms with Gasteiger partial charge in [0.25, 0.3) is 0 Å². The van der Waals surface area contributed by atoms with E-state index in [4.69, 9.17) is 5.73 Å². The first-order chi connectivity index (χ1) is 7.68. The number of nitrogens with zero attached hydrogens (tertiary/aromatic N) is 5. The normalized spacial score (nSPS) is 11.2. The molecule has 0 radical (unpaired) electrons. The van der Waals surface area contributed by atoms with Crippen LogP contribution in [0.5, 0.6) is 0 Å². The van der Waals surface area contributed by atoms with Crippen LogP contribution in [0.2, 0.25) is 0 Å². The number of rotatable bonds is 4. The van der Waals surface area contributed by atoms with Crippen LogP contribution in [0, 0.1) is 0 Å². The van der Waals surface area contributed by atoms with Gasteiger partial charge in [-0.1, -0.05) is 16.9 Å². The van der Waals surface area contributed by atoms with Crippen molar-refractivity contribution in [3.05, 3.63) is 12.2 Å². The van der Waals surface area contributed by atoms with E-state index < -0.39 is 0 Å². The second kappa shape index (κ2) is 4.52. The van der Waals surface area contributed by atoms with Crippen LogP contribution in [0.1, 0.15) is 25.7 Å². The van der Waals surface area contributed by atoms with E-state index in [1.54, 1.807) is 0 Å². The number of anilines is 1. The van der Waals surface area contributed by atoms with Crippen molar-refractivity contribution < 1.29 is 4.52 Å². The number of hydrogen-bond donors (Lipinski definition) is 1. The molecular formula is C8H12N6OS. The van der Waals surface area contributed by atoms with E-state index in [1.807, 2.05) is 18.4 Å². The van der Waals surface area contributed by atoms with Crippen molar-refractivity contribution in [2.45, 2.75) is 30.8 Å². The average Bonchev–Trinajstić information content (AvgIpc) is 2.83. The molecule has 0 amide bonds. The Morgan fingerprint density at radius 1 is 1.50 bits per heavy atom. The molecule has 16 heavy (non-hydrogen) atoms. The summed E-state index contributed by atoms with van der Waals surface area (Å²) in [6, 6.07) is 0.225. The van der Waals surface area contributed by atoms with Crippen LogP contribution >= 0.6 is 11.8 Å². The van der Waals surface area contributed by atoms with Crippen molar-refractivity contribution in [2.24, 2.45) is 0 Å². The van der Waals surface area contributed by atoms with E-state index in [2.05, 4.69) is 24.9 Å². The van der Waals surface area contributed by atoms with Crippen molar-refractivity contribution >= 4 is 17.7 Å². The average molecular weight is 240 g/mol. The SMILES string of the molecule is CC(C)n1c(N)nnc1SCc1ncon1. The summed E-state index contributed by atoms with van der Waals surface area (Å²) in [6.45, 7) is 4.05. The topological polar surface area (TPSA) is 95.7 Å². The third-order valence-electron chi connectivity index (χ3n) is 1.94. The summed E-state index contributed by atoms with van der Waals surface area (Å²) in [5, 5.41) is 12.3. The van der Waals surface area contributed by atoms with Gasteiger partial charge in [-0.05, 0) is 13.8 Å².